The lowest BCUT2D eigenvalue weighted by atomic mass is 10.1. The Labute approximate surface area is 101 Å². The van der Waals surface area contributed by atoms with E-state index in [1.54, 1.807) is 18.3 Å². The lowest BCUT2D eigenvalue weighted by Gasteiger charge is -2.01. The van der Waals surface area contributed by atoms with E-state index in [9.17, 15) is 4.79 Å². The van der Waals surface area contributed by atoms with Crippen molar-refractivity contribution in [2.45, 2.75) is 32.1 Å². The Hall–Kier alpha value is -1.15. The maximum absolute atomic E-state index is 11.7. The van der Waals surface area contributed by atoms with Gasteiger partial charge in [-0.2, -0.15) is 0 Å². The third-order valence-corrected chi connectivity index (χ3v) is 2.57. The number of rotatable bonds is 7. The zero-order chi connectivity index (χ0) is 11.8. The maximum atomic E-state index is 11.7. The summed E-state index contributed by atoms with van der Waals surface area (Å²) in [6.07, 6.45) is 8.17. The number of hydrogen-bond acceptors (Lipinski definition) is 2. The van der Waals surface area contributed by atoms with Crippen LogP contribution in [0.4, 0.5) is 0 Å². The fourth-order valence-electron chi connectivity index (χ4n) is 1.47. The number of Topliss-reactive ketones (excluding diaryl/α,β-unsaturated/α-hetero) is 1. The molecule has 0 aromatic carbocycles. The molecule has 0 unspecified atom stereocenters. The van der Waals surface area contributed by atoms with Gasteiger partial charge in [-0.05, 0) is 31.4 Å². The molecular weight excluding hydrogens is 222 g/mol. The average Bonchev–Trinajstić information content (AvgIpc) is 2.28. The predicted molar refractivity (Wildman–Crippen MR) is 66.9 cm³/mol. The first-order valence-corrected chi connectivity index (χ1v) is 5.87. The van der Waals surface area contributed by atoms with Crippen LogP contribution in [0.15, 0.2) is 31.0 Å². The van der Waals surface area contributed by atoms with E-state index in [0.29, 0.717) is 17.1 Å². The molecule has 0 N–H and O–H groups in total. The number of halogens is 1. The summed E-state index contributed by atoms with van der Waals surface area (Å²) in [7, 11) is 0. The highest BCUT2D eigenvalue weighted by Crippen LogP contribution is 2.12. The van der Waals surface area contributed by atoms with Crippen LogP contribution in [0, 0.1) is 0 Å². The zero-order valence-electron chi connectivity index (χ0n) is 9.29. The van der Waals surface area contributed by atoms with Gasteiger partial charge in [0.25, 0.3) is 0 Å². The van der Waals surface area contributed by atoms with Crippen LogP contribution in [-0.4, -0.2) is 10.8 Å². The quantitative estimate of drug-likeness (QED) is 0.310. The molecule has 1 aromatic heterocycles. The average molecular weight is 238 g/mol. The van der Waals surface area contributed by atoms with E-state index < -0.39 is 0 Å². The fraction of sp³-hybridized carbons (Fsp3) is 0.385. The summed E-state index contributed by atoms with van der Waals surface area (Å²) >= 11 is 5.72. The van der Waals surface area contributed by atoms with Crippen LogP contribution in [0.5, 0.6) is 0 Å². The summed E-state index contributed by atoms with van der Waals surface area (Å²) in [5.74, 6) is 0.142. The monoisotopic (exact) mass is 237 g/mol. The number of carbonyl (C=O) groups excluding carboxylic acids is 1. The van der Waals surface area contributed by atoms with Crippen molar-refractivity contribution in [3.63, 3.8) is 0 Å². The summed E-state index contributed by atoms with van der Waals surface area (Å²) < 4.78 is 0. The molecule has 86 valence electrons. The molecule has 0 radical (unpaired) electrons. The van der Waals surface area contributed by atoms with Gasteiger partial charge in [0, 0.05) is 18.2 Å². The van der Waals surface area contributed by atoms with Gasteiger partial charge in [-0.1, -0.05) is 24.1 Å². The van der Waals surface area contributed by atoms with E-state index in [0.717, 1.165) is 25.7 Å². The minimum Gasteiger partial charge on any atom is -0.294 e. The molecule has 2 nitrogen and oxygen atoms in total. The second-order valence-corrected chi connectivity index (χ2v) is 4.07. The summed E-state index contributed by atoms with van der Waals surface area (Å²) in [5, 5.41) is 0.373. The highest BCUT2D eigenvalue weighted by Gasteiger charge is 2.05. The Bertz CT molecular complexity index is 363. The molecule has 0 spiro atoms. The van der Waals surface area contributed by atoms with Crippen molar-refractivity contribution < 1.29 is 4.79 Å². The van der Waals surface area contributed by atoms with Crippen LogP contribution in [0.3, 0.4) is 0 Å². The van der Waals surface area contributed by atoms with Gasteiger partial charge in [-0.3, -0.25) is 4.79 Å². The smallest absolute Gasteiger partial charge is 0.163 e. The number of pyridine rings is 1. The molecule has 0 aliphatic carbocycles. The molecule has 0 aliphatic rings. The van der Waals surface area contributed by atoms with Crippen molar-refractivity contribution in [1.82, 2.24) is 4.98 Å². The molecule has 1 heterocycles. The van der Waals surface area contributed by atoms with E-state index >= 15 is 0 Å². The van der Waals surface area contributed by atoms with Gasteiger partial charge >= 0.3 is 0 Å². The highest BCUT2D eigenvalue weighted by atomic mass is 35.5. The number of unbranched alkanes of at least 4 members (excludes halogenated alkanes) is 3. The molecule has 1 rings (SSSR count). The van der Waals surface area contributed by atoms with E-state index in [4.69, 9.17) is 11.6 Å². The van der Waals surface area contributed by atoms with E-state index in [1.165, 1.54) is 0 Å². The third kappa shape index (κ3) is 4.58. The van der Waals surface area contributed by atoms with E-state index in [2.05, 4.69) is 11.6 Å². The van der Waals surface area contributed by atoms with Crippen molar-refractivity contribution in [2.24, 2.45) is 0 Å². The Morgan fingerprint density at radius 1 is 1.44 bits per heavy atom. The standard InChI is InChI=1S/C13H16ClNO/c1-2-3-4-5-6-7-12(16)11-8-9-15-13(14)10-11/h2,8-10H,1,3-7H2. The van der Waals surface area contributed by atoms with Gasteiger partial charge in [-0.25, -0.2) is 4.98 Å². The largest absolute Gasteiger partial charge is 0.294 e. The normalized spacial score (nSPS) is 10.1. The Morgan fingerprint density at radius 3 is 2.94 bits per heavy atom. The first-order valence-electron chi connectivity index (χ1n) is 5.49. The summed E-state index contributed by atoms with van der Waals surface area (Å²) in [4.78, 5) is 15.6. The molecule has 0 saturated carbocycles. The molecule has 0 fully saturated rings. The van der Waals surface area contributed by atoms with Crippen LogP contribution in [0.2, 0.25) is 5.15 Å². The number of hydrogen-bond donors (Lipinski definition) is 0. The summed E-state index contributed by atoms with van der Waals surface area (Å²) in [6.45, 7) is 3.66. The molecule has 16 heavy (non-hydrogen) atoms. The van der Waals surface area contributed by atoms with Gasteiger partial charge in [-0.15, -0.1) is 6.58 Å². The predicted octanol–water partition coefficient (Wildman–Crippen LogP) is 4.05. The van der Waals surface area contributed by atoms with Gasteiger partial charge < -0.3 is 0 Å². The fourth-order valence-corrected chi connectivity index (χ4v) is 1.65. The maximum Gasteiger partial charge on any atom is 0.163 e. The van der Waals surface area contributed by atoms with Gasteiger partial charge in [0.2, 0.25) is 0 Å². The van der Waals surface area contributed by atoms with Gasteiger partial charge in [0.05, 0.1) is 0 Å². The van der Waals surface area contributed by atoms with Crippen molar-refractivity contribution in [3.8, 4) is 0 Å². The minimum atomic E-state index is 0.142. The van der Waals surface area contributed by atoms with Gasteiger partial charge in [0.1, 0.15) is 5.15 Å². The zero-order valence-corrected chi connectivity index (χ0v) is 10.0. The lowest BCUT2D eigenvalue weighted by Crippen LogP contribution is -1.99. The molecule has 0 amide bonds. The van der Waals surface area contributed by atoms with E-state index in [1.807, 2.05) is 6.08 Å². The number of aromatic nitrogens is 1. The Morgan fingerprint density at radius 2 is 2.25 bits per heavy atom. The van der Waals surface area contributed by atoms with Crippen LogP contribution in [0.25, 0.3) is 0 Å². The number of allylic oxidation sites excluding steroid dienone is 1. The molecule has 1 aromatic rings. The summed E-state index contributed by atoms with van der Waals surface area (Å²) in [6, 6.07) is 3.32. The van der Waals surface area contributed by atoms with Crippen molar-refractivity contribution >= 4 is 17.4 Å². The molecule has 3 heteroatoms. The van der Waals surface area contributed by atoms with Crippen molar-refractivity contribution in [3.05, 3.63) is 41.7 Å². The lowest BCUT2D eigenvalue weighted by molar-refractivity contribution is 0.0979. The van der Waals surface area contributed by atoms with Crippen LogP contribution >= 0.6 is 11.6 Å². The minimum absolute atomic E-state index is 0.142. The topological polar surface area (TPSA) is 30.0 Å². The second-order valence-electron chi connectivity index (χ2n) is 3.68. The molecule has 0 saturated heterocycles. The van der Waals surface area contributed by atoms with E-state index in [-0.39, 0.29) is 5.78 Å². The van der Waals surface area contributed by atoms with Gasteiger partial charge in [0.15, 0.2) is 5.78 Å². The number of nitrogens with zero attached hydrogens (tertiary/aromatic N) is 1. The Balaban J connectivity index is 2.32. The molecule has 0 aliphatic heterocycles. The van der Waals surface area contributed by atoms with Crippen LogP contribution in [0.1, 0.15) is 42.5 Å². The molecule has 0 atom stereocenters. The SMILES string of the molecule is C=CCCCCCC(=O)c1ccnc(Cl)c1. The first-order chi connectivity index (χ1) is 7.74. The molecular formula is C13H16ClNO. The molecule has 0 bridgehead atoms. The number of carbonyl (C=O) groups is 1. The third-order valence-electron chi connectivity index (χ3n) is 2.36. The first kappa shape index (κ1) is 12.9. The Kier molecular flexibility index (Phi) is 5.79. The number of ketones is 1. The van der Waals surface area contributed by atoms with Crippen LogP contribution < -0.4 is 0 Å². The van der Waals surface area contributed by atoms with Crippen LogP contribution in [-0.2, 0) is 0 Å². The van der Waals surface area contributed by atoms with Crippen molar-refractivity contribution in [1.29, 1.82) is 0 Å². The summed E-state index contributed by atoms with van der Waals surface area (Å²) in [5.41, 5.74) is 0.656. The highest BCUT2D eigenvalue weighted by molar-refractivity contribution is 6.29. The van der Waals surface area contributed by atoms with Crippen molar-refractivity contribution in [2.75, 3.05) is 0 Å². The second kappa shape index (κ2) is 7.18.